The number of hydrogen-bond donors (Lipinski definition) is 2. The maximum absolute atomic E-state index is 11.6. The summed E-state index contributed by atoms with van der Waals surface area (Å²) in [7, 11) is 0. The summed E-state index contributed by atoms with van der Waals surface area (Å²) in [6.07, 6.45) is 1.23. The van der Waals surface area contributed by atoms with Gasteiger partial charge in [-0.3, -0.25) is 10.1 Å². The number of anilines is 4. The number of nitro groups is 1. The summed E-state index contributed by atoms with van der Waals surface area (Å²) in [6, 6.07) is 12.1. The summed E-state index contributed by atoms with van der Waals surface area (Å²) in [5.41, 5.74) is 0.766. The van der Waals surface area contributed by atoms with Gasteiger partial charge in [0.1, 0.15) is 6.33 Å². The van der Waals surface area contributed by atoms with Crippen LogP contribution in [0.15, 0.2) is 48.8 Å². The van der Waals surface area contributed by atoms with E-state index in [9.17, 15) is 10.1 Å². The molecule has 0 aliphatic carbocycles. The van der Waals surface area contributed by atoms with Crippen LogP contribution in [0, 0.1) is 13.7 Å². The maximum atomic E-state index is 11.6. The van der Waals surface area contributed by atoms with E-state index in [0.29, 0.717) is 21.4 Å². The average Bonchev–Trinajstić information content (AvgIpc) is 2.60. The second kappa shape index (κ2) is 8.02. The highest BCUT2D eigenvalue weighted by Gasteiger charge is 2.24. The van der Waals surface area contributed by atoms with Crippen molar-refractivity contribution in [3.63, 3.8) is 0 Å². The van der Waals surface area contributed by atoms with E-state index in [1.54, 1.807) is 30.3 Å². The van der Waals surface area contributed by atoms with Crippen LogP contribution in [0.4, 0.5) is 28.7 Å². The lowest BCUT2D eigenvalue weighted by Crippen LogP contribution is -2.05. The molecule has 0 fully saturated rings. The largest absolute Gasteiger partial charge is 0.353 e. The van der Waals surface area contributed by atoms with Gasteiger partial charge in [-0.25, -0.2) is 9.97 Å². The molecule has 3 rings (SSSR count). The van der Waals surface area contributed by atoms with Crippen LogP contribution in [0.2, 0.25) is 10.0 Å². The van der Waals surface area contributed by atoms with Crippen LogP contribution in [0.1, 0.15) is 0 Å². The zero-order chi connectivity index (χ0) is 18.7. The van der Waals surface area contributed by atoms with Crippen LogP contribution in [0.25, 0.3) is 0 Å². The molecule has 3 aromatic rings. The monoisotopic (exact) mass is 501 g/mol. The van der Waals surface area contributed by atoms with Crippen LogP contribution in [-0.4, -0.2) is 14.9 Å². The molecule has 132 valence electrons. The topological polar surface area (TPSA) is 93.0 Å². The molecule has 10 heteroatoms. The highest BCUT2D eigenvalue weighted by molar-refractivity contribution is 14.1. The normalized spacial score (nSPS) is 10.4. The third-order valence-electron chi connectivity index (χ3n) is 3.29. The van der Waals surface area contributed by atoms with Gasteiger partial charge in [-0.2, -0.15) is 0 Å². The van der Waals surface area contributed by atoms with Crippen LogP contribution >= 0.6 is 45.8 Å². The number of rotatable bonds is 5. The smallest absolute Gasteiger partial charge is 0.334 e. The molecule has 26 heavy (non-hydrogen) atoms. The fraction of sp³-hybridized carbons (Fsp3) is 0. The molecule has 0 atom stereocenters. The molecule has 7 nitrogen and oxygen atoms in total. The van der Waals surface area contributed by atoms with Gasteiger partial charge in [0.05, 0.1) is 15.6 Å². The van der Waals surface area contributed by atoms with E-state index >= 15 is 0 Å². The minimum Gasteiger partial charge on any atom is -0.334 e. The standard InChI is InChI=1S/C16H10Cl2IN5O2/c17-9-1-6-12(18)13(7-9)23-16-14(24(25)26)15(20-8-21-16)22-11-4-2-10(19)3-5-11/h1-8H,(H2,20,21,22,23). The third kappa shape index (κ3) is 4.32. The molecule has 0 saturated heterocycles. The van der Waals surface area contributed by atoms with E-state index in [4.69, 9.17) is 23.2 Å². The molecule has 0 amide bonds. The van der Waals surface area contributed by atoms with E-state index in [2.05, 4.69) is 43.2 Å². The van der Waals surface area contributed by atoms with Gasteiger partial charge in [0.2, 0.25) is 11.6 Å². The molecule has 0 bridgehead atoms. The Morgan fingerprint density at radius 2 is 1.65 bits per heavy atom. The van der Waals surface area contributed by atoms with Crippen molar-refractivity contribution in [2.45, 2.75) is 0 Å². The number of nitrogens with zero attached hydrogens (tertiary/aromatic N) is 3. The lowest BCUT2D eigenvalue weighted by atomic mass is 10.3. The van der Waals surface area contributed by atoms with Crippen molar-refractivity contribution in [1.82, 2.24) is 9.97 Å². The summed E-state index contributed by atoms with van der Waals surface area (Å²) in [4.78, 5) is 19.0. The van der Waals surface area contributed by atoms with Crippen molar-refractivity contribution in [3.05, 3.63) is 72.5 Å². The lowest BCUT2D eigenvalue weighted by Gasteiger charge is -2.11. The first-order valence-electron chi connectivity index (χ1n) is 7.18. The Morgan fingerprint density at radius 1 is 1.00 bits per heavy atom. The number of nitrogens with one attached hydrogen (secondary N) is 2. The predicted octanol–water partition coefficient (Wildman–Crippen LogP) is 5.78. The Hall–Kier alpha value is -2.17. The number of benzene rings is 2. The van der Waals surface area contributed by atoms with Gasteiger partial charge in [-0.15, -0.1) is 0 Å². The molecule has 0 aliphatic rings. The summed E-state index contributed by atoms with van der Waals surface area (Å²) >= 11 is 14.2. The number of halogens is 3. The van der Waals surface area contributed by atoms with Gasteiger partial charge in [0.25, 0.3) is 0 Å². The molecule has 0 unspecified atom stereocenters. The van der Waals surface area contributed by atoms with E-state index in [0.717, 1.165) is 3.57 Å². The number of hydrogen-bond acceptors (Lipinski definition) is 6. The first-order valence-corrected chi connectivity index (χ1v) is 9.01. The summed E-state index contributed by atoms with van der Waals surface area (Å²) < 4.78 is 1.04. The second-order valence-electron chi connectivity index (χ2n) is 5.06. The van der Waals surface area contributed by atoms with Crippen LogP contribution < -0.4 is 10.6 Å². The highest BCUT2D eigenvalue weighted by atomic mass is 127. The van der Waals surface area contributed by atoms with E-state index < -0.39 is 4.92 Å². The van der Waals surface area contributed by atoms with Gasteiger partial charge in [0, 0.05) is 14.3 Å². The predicted molar refractivity (Wildman–Crippen MR) is 111 cm³/mol. The molecule has 1 aromatic heterocycles. The van der Waals surface area contributed by atoms with Crippen LogP contribution in [0.5, 0.6) is 0 Å². The van der Waals surface area contributed by atoms with Crippen molar-refractivity contribution in [1.29, 1.82) is 0 Å². The Bertz CT molecular complexity index is 969. The Balaban J connectivity index is 1.99. The molecule has 2 aromatic carbocycles. The van der Waals surface area contributed by atoms with Gasteiger partial charge in [0.15, 0.2) is 0 Å². The van der Waals surface area contributed by atoms with Gasteiger partial charge in [-0.1, -0.05) is 23.2 Å². The minimum absolute atomic E-state index is 0.00202. The summed E-state index contributed by atoms with van der Waals surface area (Å²) in [5, 5.41) is 18.2. The van der Waals surface area contributed by atoms with Crippen molar-refractivity contribution in [2.24, 2.45) is 0 Å². The molecule has 2 N–H and O–H groups in total. The van der Waals surface area contributed by atoms with Crippen molar-refractivity contribution < 1.29 is 4.92 Å². The van der Waals surface area contributed by atoms with Gasteiger partial charge in [-0.05, 0) is 65.1 Å². The quantitative estimate of drug-likeness (QED) is 0.261. The fourth-order valence-electron chi connectivity index (χ4n) is 2.13. The zero-order valence-corrected chi connectivity index (χ0v) is 16.6. The van der Waals surface area contributed by atoms with E-state index in [1.807, 2.05) is 12.1 Å². The summed E-state index contributed by atoms with van der Waals surface area (Å²) in [6.45, 7) is 0. The zero-order valence-electron chi connectivity index (χ0n) is 12.9. The highest BCUT2D eigenvalue weighted by Crippen LogP contribution is 2.35. The fourth-order valence-corrected chi connectivity index (χ4v) is 2.82. The first kappa shape index (κ1) is 18.6. The molecule has 0 radical (unpaired) electrons. The van der Waals surface area contributed by atoms with Crippen molar-refractivity contribution in [2.75, 3.05) is 10.6 Å². The summed E-state index contributed by atoms with van der Waals surface area (Å²) in [5.74, 6) is 0.0639. The molecule has 1 heterocycles. The molecular formula is C16H10Cl2IN5O2. The molecule has 0 aliphatic heterocycles. The second-order valence-corrected chi connectivity index (χ2v) is 7.15. The minimum atomic E-state index is -0.560. The Kier molecular flexibility index (Phi) is 5.74. The van der Waals surface area contributed by atoms with Crippen LogP contribution in [0.3, 0.4) is 0 Å². The third-order valence-corrected chi connectivity index (χ3v) is 4.58. The van der Waals surface area contributed by atoms with E-state index in [-0.39, 0.29) is 17.3 Å². The molecule has 0 spiro atoms. The maximum Gasteiger partial charge on any atom is 0.353 e. The Morgan fingerprint density at radius 3 is 2.31 bits per heavy atom. The van der Waals surface area contributed by atoms with Crippen molar-refractivity contribution in [3.8, 4) is 0 Å². The number of aromatic nitrogens is 2. The van der Waals surface area contributed by atoms with Gasteiger partial charge < -0.3 is 10.6 Å². The van der Waals surface area contributed by atoms with Crippen LogP contribution in [-0.2, 0) is 0 Å². The Labute approximate surface area is 172 Å². The molecule has 0 saturated carbocycles. The SMILES string of the molecule is O=[N+]([O-])c1c(Nc2ccc(I)cc2)ncnc1Nc1cc(Cl)ccc1Cl. The van der Waals surface area contributed by atoms with E-state index in [1.165, 1.54) is 6.33 Å². The van der Waals surface area contributed by atoms with Crippen molar-refractivity contribution >= 4 is 74.5 Å². The van der Waals surface area contributed by atoms with Gasteiger partial charge >= 0.3 is 5.69 Å². The lowest BCUT2D eigenvalue weighted by molar-refractivity contribution is -0.383. The average molecular weight is 502 g/mol. The molecular weight excluding hydrogens is 492 g/mol. The first-order chi connectivity index (χ1) is 12.4.